The first-order chi connectivity index (χ1) is 25.8. The molecule has 1 aliphatic heterocycles. The molecule has 0 radical (unpaired) electrons. The molecule has 5 amide bonds. The van der Waals surface area contributed by atoms with Crippen molar-refractivity contribution in [2.24, 2.45) is 11.3 Å². The van der Waals surface area contributed by atoms with E-state index in [0.29, 0.717) is 12.8 Å². The monoisotopic (exact) mass is 808 g/mol. The third kappa shape index (κ3) is 9.65. The lowest BCUT2D eigenvalue weighted by molar-refractivity contribution is -0.143. The molecule has 2 aliphatic carbocycles. The van der Waals surface area contributed by atoms with Crippen LogP contribution < -0.4 is 20.7 Å². The third-order valence-corrected chi connectivity index (χ3v) is 11.4. The second-order valence-corrected chi connectivity index (χ2v) is 18.3. The molecule has 19 heteroatoms. The highest BCUT2D eigenvalue weighted by Gasteiger charge is 2.62. The SMILES string of the molecule is C=CC1C[C@]1(NC(=O)[C@@H]1C[C@@H](OC(=O)Nc2cc(C(F)(F)F)ccc2-n2cccc2)CN1C(=O)[C@@H](NC(=O)OC(C)(C)C)C(C)(C)C)C(=O)NS(=O)(=O)C1CC1. The predicted octanol–water partition coefficient (Wildman–Crippen LogP) is 4.62. The number of rotatable bonds is 11. The number of halogens is 3. The lowest BCUT2D eigenvalue weighted by Crippen LogP contribution is -2.60. The Morgan fingerprint density at radius 2 is 1.64 bits per heavy atom. The minimum atomic E-state index is -4.73. The number of benzene rings is 1. The molecule has 3 fully saturated rings. The molecule has 4 N–H and O–H groups in total. The number of carbonyl (C=O) groups is 5. The van der Waals surface area contributed by atoms with Gasteiger partial charge in [0.2, 0.25) is 21.8 Å². The lowest BCUT2D eigenvalue weighted by Gasteiger charge is -2.36. The Morgan fingerprint density at radius 3 is 2.18 bits per heavy atom. The van der Waals surface area contributed by atoms with Crippen LogP contribution in [0.4, 0.5) is 28.4 Å². The van der Waals surface area contributed by atoms with Crippen LogP contribution in [0.15, 0.2) is 55.4 Å². The molecule has 2 heterocycles. The van der Waals surface area contributed by atoms with E-state index >= 15 is 0 Å². The minimum Gasteiger partial charge on any atom is -0.444 e. The van der Waals surface area contributed by atoms with Crippen molar-refractivity contribution < 1.29 is 55.0 Å². The fourth-order valence-electron chi connectivity index (χ4n) is 6.46. The number of hydrogen-bond acceptors (Lipinski definition) is 9. The number of hydrogen-bond donors (Lipinski definition) is 4. The molecule has 306 valence electrons. The maximum absolute atomic E-state index is 14.4. The Hall–Kier alpha value is -5.07. The molecule has 5 rings (SSSR count). The van der Waals surface area contributed by atoms with Gasteiger partial charge in [-0.2, -0.15) is 13.2 Å². The summed E-state index contributed by atoms with van der Waals surface area (Å²) in [6.07, 6.45) is -3.09. The van der Waals surface area contributed by atoms with E-state index in [1.54, 1.807) is 66.1 Å². The van der Waals surface area contributed by atoms with Crippen LogP contribution in [0.1, 0.15) is 72.8 Å². The summed E-state index contributed by atoms with van der Waals surface area (Å²) in [7, 11) is -4.00. The van der Waals surface area contributed by atoms with Gasteiger partial charge in [0.1, 0.15) is 29.3 Å². The molecule has 15 nitrogen and oxygen atoms in total. The molecule has 1 saturated heterocycles. The molecule has 2 aromatic rings. The van der Waals surface area contributed by atoms with Crippen LogP contribution >= 0.6 is 0 Å². The number of carbonyl (C=O) groups excluding carboxylic acids is 5. The predicted molar refractivity (Wildman–Crippen MR) is 197 cm³/mol. The summed E-state index contributed by atoms with van der Waals surface area (Å²) in [5.74, 6) is -3.27. The maximum Gasteiger partial charge on any atom is 0.416 e. The van der Waals surface area contributed by atoms with E-state index < -0.39 is 104 Å². The Morgan fingerprint density at radius 1 is 1.00 bits per heavy atom. The smallest absolute Gasteiger partial charge is 0.416 e. The van der Waals surface area contributed by atoms with E-state index in [4.69, 9.17) is 9.47 Å². The Kier molecular flexibility index (Phi) is 11.4. The van der Waals surface area contributed by atoms with Crippen LogP contribution in [0.3, 0.4) is 0 Å². The van der Waals surface area contributed by atoms with Crippen molar-refractivity contribution in [1.29, 1.82) is 0 Å². The Labute approximate surface area is 322 Å². The number of nitrogens with one attached hydrogen (secondary N) is 4. The molecule has 1 aromatic heterocycles. The summed E-state index contributed by atoms with van der Waals surface area (Å²) in [6, 6.07) is 3.33. The summed E-state index contributed by atoms with van der Waals surface area (Å²) in [6.45, 7) is 13.2. The molecule has 5 atom stereocenters. The standard InChI is InChI=1S/C37H47F3N6O9S/c1-8-21-19-36(21,31(49)44-56(52,53)24-12-13-24)43-29(47)27-18-23(20-46(27)30(48)28(34(2,3)4)42-33(51)55-35(5,6)7)54-32(50)41-25-17-22(37(38,39)40)11-14-26(25)45-15-9-10-16-45/h8-11,14-17,21,23-24,27-28H,1,12-13,18-20H2,2-7H3,(H,41,50)(H,42,51)(H,43,47)(H,44,49)/t21?,23-,27+,28-,36-/m1/s1. The molecular formula is C37H47F3N6O9S. The van der Waals surface area contributed by atoms with Gasteiger partial charge in [0.25, 0.3) is 5.91 Å². The van der Waals surface area contributed by atoms with Gasteiger partial charge >= 0.3 is 18.4 Å². The van der Waals surface area contributed by atoms with Crippen molar-refractivity contribution in [1.82, 2.24) is 24.8 Å². The van der Waals surface area contributed by atoms with Crippen LogP contribution in [0, 0.1) is 11.3 Å². The van der Waals surface area contributed by atoms with Crippen LogP contribution in [0.2, 0.25) is 0 Å². The number of aromatic nitrogens is 1. The van der Waals surface area contributed by atoms with Gasteiger partial charge < -0.3 is 29.6 Å². The molecule has 2 saturated carbocycles. The highest BCUT2D eigenvalue weighted by Crippen LogP contribution is 2.45. The topological polar surface area (TPSA) is 194 Å². The number of likely N-dealkylation sites (tertiary alicyclic amines) is 1. The summed E-state index contributed by atoms with van der Waals surface area (Å²) in [4.78, 5) is 69.3. The zero-order valence-corrected chi connectivity index (χ0v) is 32.7. The van der Waals surface area contributed by atoms with E-state index in [-0.39, 0.29) is 24.2 Å². The largest absolute Gasteiger partial charge is 0.444 e. The van der Waals surface area contributed by atoms with E-state index in [1.807, 2.05) is 0 Å². The van der Waals surface area contributed by atoms with Crippen molar-refractivity contribution in [3.05, 3.63) is 60.9 Å². The van der Waals surface area contributed by atoms with Gasteiger partial charge in [-0.15, -0.1) is 6.58 Å². The van der Waals surface area contributed by atoms with Gasteiger partial charge in [-0.05, 0) is 75.8 Å². The number of sulfonamides is 1. The zero-order valence-electron chi connectivity index (χ0n) is 31.9. The Bertz CT molecular complexity index is 1990. The van der Waals surface area contributed by atoms with Crippen LogP contribution in [0.5, 0.6) is 0 Å². The van der Waals surface area contributed by atoms with E-state index in [9.17, 15) is 45.6 Å². The van der Waals surface area contributed by atoms with Crippen molar-refractivity contribution in [2.45, 2.75) is 108 Å². The van der Waals surface area contributed by atoms with Gasteiger partial charge in [-0.3, -0.25) is 24.4 Å². The number of alkyl carbamates (subject to hydrolysis) is 1. The first kappa shape index (κ1) is 42.1. The van der Waals surface area contributed by atoms with Crippen molar-refractivity contribution in [3.8, 4) is 5.69 Å². The third-order valence-electron chi connectivity index (χ3n) is 9.59. The first-order valence-electron chi connectivity index (χ1n) is 18.0. The molecule has 1 unspecified atom stereocenters. The normalized spacial score (nSPS) is 23.0. The molecule has 0 bridgehead atoms. The molecule has 56 heavy (non-hydrogen) atoms. The van der Waals surface area contributed by atoms with Crippen LogP contribution in [0.25, 0.3) is 5.69 Å². The van der Waals surface area contributed by atoms with Crippen LogP contribution in [-0.4, -0.2) is 88.9 Å². The fraction of sp³-hybridized carbons (Fsp3) is 0.541. The minimum absolute atomic E-state index is 0.0167. The second-order valence-electron chi connectivity index (χ2n) is 16.3. The van der Waals surface area contributed by atoms with Gasteiger partial charge in [-0.1, -0.05) is 26.8 Å². The number of ether oxygens (including phenoxy) is 2. The summed E-state index contributed by atoms with van der Waals surface area (Å²) in [5, 5.41) is 6.82. The van der Waals surface area contributed by atoms with E-state index in [0.717, 1.165) is 17.0 Å². The average molecular weight is 809 g/mol. The number of alkyl halides is 3. The molecule has 3 aliphatic rings. The van der Waals surface area contributed by atoms with Crippen molar-refractivity contribution >= 4 is 45.6 Å². The molecular weight excluding hydrogens is 762 g/mol. The highest BCUT2D eigenvalue weighted by atomic mass is 32.2. The van der Waals surface area contributed by atoms with Gasteiger partial charge in [0, 0.05) is 24.7 Å². The fourth-order valence-corrected chi connectivity index (χ4v) is 7.82. The molecule has 1 aromatic carbocycles. The van der Waals surface area contributed by atoms with Crippen LogP contribution in [-0.2, 0) is 40.1 Å². The van der Waals surface area contributed by atoms with Gasteiger partial charge in [-0.25, -0.2) is 18.0 Å². The van der Waals surface area contributed by atoms with Gasteiger partial charge in [0.05, 0.1) is 28.7 Å². The van der Waals surface area contributed by atoms with Crippen molar-refractivity contribution in [2.75, 3.05) is 11.9 Å². The molecule has 0 spiro atoms. The summed E-state index contributed by atoms with van der Waals surface area (Å²) in [5.41, 5.74) is -4.69. The second kappa shape index (κ2) is 15.1. The average Bonchev–Trinajstić information content (AvgIpc) is 3.94. The number of anilines is 1. The van der Waals surface area contributed by atoms with E-state index in [2.05, 4.69) is 27.3 Å². The number of amides is 5. The number of nitrogens with zero attached hydrogens (tertiary/aromatic N) is 2. The van der Waals surface area contributed by atoms with Gasteiger partial charge in [0.15, 0.2) is 0 Å². The maximum atomic E-state index is 14.4. The van der Waals surface area contributed by atoms with Crippen molar-refractivity contribution in [3.63, 3.8) is 0 Å². The zero-order chi connectivity index (χ0) is 41.6. The summed E-state index contributed by atoms with van der Waals surface area (Å²) >= 11 is 0. The lowest BCUT2D eigenvalue weighted by atomic mass is 9.85. The highest BCUT2D eigenvalue weighted by molar-refractivity contribution is 7.91. The quantitative estimate of drug-likeness (QED) is 0.235. The Balaban J connectivity index is 1.42. The summed E-state index contributed by atoms with van der Waals surface area (Å²) < 4.78 is 80.9. The first-order valence-corrected chi connectivity index (χ1v) is 19.5. The van der Waals surface area contributed by atoms with E-state index in [1.165, 1.54) is 16.7 Å².